The van der Waals surface area contributed by atoms with Crippen molar-refractivity contribution in [1.82, 2.24) is 9.55 Å². The maximum Gasteiger partial charge on any atom is 0.153 e. The third-order valence-corrected chi connectivity index (χ3v) is 2.74. The largest absolute Gasteiger partial charge is 0.324 e. The predicted molar refractivity (Wildman–Crippen MR) is 59.0 cm³/mol. The lowest BCUT2D eigenvalue weighted by molar-refractivity contribution is 0.112. The van der Waals surface area contributed by atoms with Crippen LogP contribution in [0.4, 0.5) is 4.39 Å². The number of imidazole rings is 1. The summed E-state index contributed by atoms with van der Waals surface area (Å²) < 4.78 is 15.0. The van der Waals surface area contributed by atoms with Gasteiger partial charge in [-0.2, -0.15) is 0 Å². The zero-order chi connectivity index (χ0) is 11.7. The van der Waals surface area contributed by atoms with Crippen LogP contribution in [0.15, 0.2) is 24.5 Å². The molecule has 5 heteroatoms. The van der Waals surface area contributed by atoms with E-state index in [9.17, 15) is 9.18 Å². The van der Waals surface area contributed by atoms with Crippen LogP contribution in [0.2, 0.25) is 5.15 Å². The summed E-state index contributed by atoms with van der Waals surface area (Å²) in [6, 6.07) is 4.35. The van der Waals surface area contributed by atoms with Gasteiger partial charge in [0.05, 0.1) is 11.9 Å². The number of aldehydes is 1. The Morgan fingerprint density at radius 3 is 2.81 bits per heavy atom. The Bertz CT molecular complexity index is 551. The van der Waals surface area contributed by atoms with Crippen molar-refractivity contribution >= 4 is 17.9 Å². The predicted octanol–water partition coefficient (Wildman–Crippen LogP) is 2.69. The molecule has 2 aromatic rings. The van der Waals surface area contributed by atoms with E-state index in [0.717, 1.165) is 0 Å². The maximum atomic E-state index is 13.4. The molecule has 0 radical (unpaired) electrons. The Morgan fingerprint density at radius 1 is 1.50 bits per heavy atom. The molecule has 0 aliphatic carbocycles. The first-order valence-electron chi connectivity index (χ1n) is 4.56. The lowest BCUT2D eigenvalue weighted by Crippen LogP contribution is -1.93. The summed E-state index contributed by atoms with van der Waals surface area (Å²) in [6.07, 6.45) is 1.98. The molecular formula is C11H8ClFN2O. The minimum absolute atomic E-state index is 0.0249. The minimum atomic E-state index is -0.575. The number of benzene rings is 1. The number of aryl methyl sites for hydroxylation is 1. The molecule has 0 bridgehead atoms. The van der Waals surface area contributed by atoms with E-state index in [1.807, 2.05) is 0 Å². The van der Waals surface area contributed by atoms with Crippen LogP contribution in [-0.2, 0) is 7.05 Å². The highest BCUT2D eigenvalue weighted by atomic mass is 35.5. The van der Waals surface area contributed by atoms with Gasteiger partial charge in [-0.05, 0) is 6.07 Å². The van der Waals surface area contributed by atoms with E-state index in [1.54, 1.807) is 17.7 Å². The van der Waals surface area contributed by atoms with Gasteiger partial charge in [-0.1, -0.05) is 23.7 Å². The van der Waals surface area contributed by atoms with Crippen molar-refractivity contribution in [2.75, 3.05) is 0 Å². The van der Waals surface area contributed by atoms with Gasteiger partial charge in [-0.25, -0.2) is 9.37 Å². The van der Waals surface area contributed by atoms with Crippen molar-refractivity contribution in [2.45, 2.75) is 0 Å². The molecule has 0 N–H and O–H groups in total. The average Bonchev–Trinajstić information content (AvgIpc) is 2.59. The summed E-state index contributed by atoms with van der Waals surface area (Å²) in [5, 5.41) is 0.369. The summed E-state index contributed by atoms with van der Waals surface area (Å²) in [7, 11) is 1.72. The van der Waals surface area contributed by atoms with Crippen LogP contribution in [0.1, 0.15) is 10.4 Å². The second-order valence-corrected chi connectivity index (χ2v) is 3.67. The molecule has 2 rings (SSSR count). The number of halogens is 2. The molecule has 1 aromatic heterocycles. The molecule has 0 aliphatic rings. The average molecular weight is 239 g/mol. The van der Waals surface area contributed by atoms with Crippen molar-refractivity contribution in [3.8, 4) is 11.3 Å². The van der Waals surface area contributed by atoms with Crippen LogP contribution in [0.25, 0.3) is 11.3 Å². The van der Waals surface area contributed by atoms with Gasteiger partial charge in [-0.3, -0.25) is 4.79 Å². The summed E-state index contributed by atoms with van der Waals surface area (Å²) in [5.74, 6) is -0.575. The van der Waals surface area contributed by atoms with E-state index >= 15 is 0 Å². The van der Waals surface area contributed by atoms with E-state index in [4.69, 9.17) is 11.6 Å². The summed E-state index contributed by atoms with van der Waals surface area (Å²) in [5.41, 5.74) is 0.787. The van der Waals surface area contributed by atoms with Gasteiger partial charge in [0.25, 0.3) is 0 Å². The van der Waals surface area contributed by atoms with Gasteiger partial charge >= 0.3 is 0 Å². The Hall–Kier alpha value is -1.68. The summed E-state index contributed by atoms with van der Waals surface area (Å²) in [4.78, 5) is 14.9. The summed E-state index contributed by atoms with van der Waals surface area (Å²) >= 11 is 5.99. The first-order chi connectivity index (χ1) is 7.65. The summed E-state index contributed by atoms with van der Waals surface area (Å²) in [6.45, 7) is 0. The molecule has 0 saturated heterocycles. The lowest BCUT2D eigenvalue weighted by atomic mass is 10.1. The SMILES string of the molecule is Cn1cnc(-c2cccc(F)c2C=O)c1Cl. The first kappa shape index (κ1) is 10.8. The van der Waals surface area contributed by atoms with E-state index in [1.165, 1.54) is 18.5 Å². The molecule has 0 aliphatic heterocycles. The van der Waals surface area contributed by atoms with Crippen molar-refractivity contribution < 1.29 is 9.18 Å². The van der Waals surface area contributed by atoms with Gasteiger partial charge in [-0.15, -0.1) is 0 Å². The van der Waals surface area contributed by atoms with Gasteiger partial charge < -0.3 is 4.57 Å². The molecule has 0 atom stereocenters. The normalized spacial score (nSPS) is 10.4. The molecule has 0 saturated carbocycles. The van der Waals surface area contributed by atoms with Crippen LogP contribution in [0, 0.1) is 5.82 Å². The van der Waals surface area contributed by atoms with Gasteiger partial charge in [0.2, 0.25) is 0 Å². The van der Waals surface area contributed by atoms with Crippen molar-refractivity contribution in [3.05, 3.63) is 41.1 Å². The number of hydrogen-bond donors (Lipinski definition) is 0. The topological polar surface area (TPSA) is 34.9 Å². The number of nitrogens with zero attached hydrogens (tertiary/aromatic N) is 2. The highest BCUT2D eigenvalue weighted by Crippen LogP contribution is 2.29. The van der Waals surface area contributed by atoms with Crippen LogP contribution in [-0.4, -0.2) is 15.8 Å². The van der Waals surface area contributed by atoms with Gasteiger partial charge in [0, 0.05) is 12.6 Å². The van der Waals surface area contributed by atoms with E-state index in [0.29, 0.717) is 22.7 Å². The third-order valence-electron chi connectivity index (χ3n) is 2.29. The number of rotatable bonds is 2. The first-order valence-corrected chi connectivity index (χ1v) is 4.94. The number of hydrogen-bond acceptors (Lipinski definition) is 2. The van der Waals surface area contributed by atoms with E-state index < -0.39 is 5.82 Å². The molecule has 16 heavy (non-hydrogen) atoms. The van der Waals surface area contributed by atoms with Crippen LogP contribution >= 0.6 is 11.6 Å². The Kier molecular flexibility index (Phi) is 2.75. The van der Waals surface area contributed by atoms with Crippen molar-refractivity contribution in [2.24, 2.45) is 7.05 Å². The second kappa shape index (κ2) is 4.06. The third kappa shape index (κ3) is 1.61. The molecule has 0 spiro atoms. The Balaban J connectivity index is 2.69. The lowest BCUT2D eigenvalue weighted by Gasteiger charge is -2.03. The minimum Gasteiger partial charge on any atom is -0.324 e. The molecule has 82 valence electrons. The fourth-order valence-electron chi connectivity index (χ4n) is 1.46. The van der Waals surface area contributed by atoms with Crippen molar-refractivity contribution in [3.63, 3.8) is 0 Å². The molecule has 1 heterocycles. The maximum absolute atomic E-state index is 13.4. The Labute approximate surface area is 96.5 Å². The van der Waals surface area contributed by atoms with E-state index in [-0.39, 0.29) is 5.56 Å². The van der Waals surface area contributed by atoms with Crippen LogP contribution in [0.3, 0.4) is 0 Å². The van der Waals surface area contributed by atoms with Gasteiger partial charge in [0.15, 0.2) is 6.29 Å². The van der Waals surface area contributed by atoms with Crippen molar-refractivity contribution in [1.29, 1.82) is 0 Å². The Morgan fingerprint density at radius 2 is 2.25 bits per heavy atom. The fourth-order valence-corrected chi connectivity index (χ4v) is 1.65. The molecule has 1 aromatic carbocycles. The second-order valence-electron chi connectivity index (χ2n) is 3.31. The highest BCUT2D eigenvalue weighted by Gasteiger charge is 2.15. The smallest absolute Gasteiger partial charge is 0.153 e. The zero-order valence-electron chi connectivity index (χ0n) is 8.45. The standard InChI is InChI=1S/C11H8ClFN2O/c1-15-6-14-10(11(15)12)7-3-2-4-9(13)8(7)5-16/h2-6H,1H3. The highest BCUT2D eigenvalue weighted by molar-refractivity contribution is 6.32. The van der Waals surface area contributed by atoms with E-state index in [2.05, 4.69) is 4.98 Å². The molecular weight excluding hydrogens is 231 g/mol. The zero-order valence-corrected chi connectivity index (χ0v) is 9.20. The number of carbonyl (C=O) groups is 1. The quantitative estimate of drug-likeness (QED) is 0.754. The monoisotopic (exact) mass is 238 g/mol. The van der Waals surface area contributed by atoms with Crippen LogP contribution < -0.4 is 0 Å². The molecule has 0 fully saturated rings. The fraction of sp³-hybridized carbons (Fsp3) is 0.0909. The molecule has 3 nitrogen and oxygen atoms in total. The van der Waals surface area contributed by atoms with Crippen LogP contribution in [0.5, 0.6) is 0 Å². The van der Waals surface area contributed by atoms with Gasteiger partial charge in [0.1, 0.15) is 16.7 Å². The molecule has 0 unspecified atom stereocenters. The molecule has 0 amide bonds. The number of aromatic nitrogens is 2. The number of carbonyl (C=O) groups excluding carboxylic acids is 1.